The van der Waals surface area contributed by atoms with E-state index in [1.165, 1.54) is 37.0 Å². The fourth-order valence-corrected chi connectivity index (χ4v) is 4.13. The molecule has 0 radical (unpaired) electrons. The number of hydrogen-bond donors (Lipinski definition) is 2. The van der Waals surface area contributed by atoms with Gasteiger partial charge in [-0.25, -0.2) is 4.98 Å². The molecule has 0 saturated heterocycles. The molecule has 1 fully saturated rings. The van der Waals surface area contributed by atoms with Crippen molar-refractivity contribution in [3.8, 4) is 0 Å². The molecule has 1 atom stereocenters. The molecular weight excluding hydrogens is 344 g/mol. The normalized spacial score (nSPS) is 16.2. The van der Waals surface area contributed by atoms with Crippen LogP contribution in [0.1, 0.15) is 49.3 Å². The van der Waals surface area contributed by atoms with E-state index < -0.39 is 0 Å². The van der Waals surface area contributed by atoms with Gasteiger partial charge in [0, 0.05) is 10.4 Å². The van der Waals surface area contributed by atoms with Crippen LogP contribution in [0, 0.1) is 5.92 Å². The van der Waals surface area contributed by atoms with Crippen molar-refractivity contribution in [2.24, 2.45) is 5.92 Å². The minimum atomic E-state index is -0.202. The van der Waals surface area contributed by atoms with Gasteiger partial charge in [0.25, 0.3) is 0 Å². The number of amides is 1. The molecule has 1 amide bonds. The van der Waals surface area contributed by atoms with Crippen molar-refractivity contribution in [2.75, 3.05) is 5.32 Å². The maximum atomic E-state index is 12.8. The summed E-state index contributed by atoms with van der Waals surface area (Å²) in [5, 5.41) is 15.0. The van der Waals surface area contributed by atoms with E-state index in [1.54, 1.807) is 5.38 Å². The SMILES string of the molecule is O=C(Nc1nc(CO)cs1)C(CC1CCCC1)c1ccc(Cl)cc1. The molecule has 0 spiro atoms. The molecule has 0 bridgehead atoms. The van der Waals surface area contributed by atoms with Gasteiger partial charge in [0.15, 0.2) is 5.13 Å². The minimum Gasteiger partial charge on any atom is -0.390 e. The molecule has 1 heterocycles. The number of nitrogens with zero attached hydrogens (tertiary/aromatic N) is 1. The van der Waals surface area contributed by atoms with E-state index in [9.17, 15) is 4.79 Å². The van der Waals surface area contributed by atoms with Crippen LogP contribution in [0.5, 0.6) is 0 Å². The zero-order valence-corrected chi connectivity index (χ0v) is 14.9. The van der Waals surface area contributed by atoms with Crippen molar-refractivity contribution in [1.82, 2.24) is 4.98 Å². The van der Waals surface area contributed by atoms with E-state index in [4.69, 9.17) is 16.7 Å². The van der Waals surface area contributed by atoms with E-state index in [0.717, 1.165) is 12.0 Å². The molecule has 1 aliphatic carbocycles. The zero-order valence-electron chi connectivity index (χ0n) is 13.4. The largest absolute Gasteiger partial charge is 0.390 e. The van der Waals surface area contributed by atoms with Crippen LogP contribution < -0.4 is 5.32 Å². The van der Waals surface area contributed by atoms with Crippen LogP contribution in [-0.4, -0.2) is 16.0 Å². The summed E-state index contributed by atoms with van der Waals surface area (Å²) in [6.07, 6.45) is 5.76. The van der Waals surface area contributed by atoms with Crippen molar-refractivity contribution in [3.05, 3.63) is 45.9 Å². The summed E-state index contributed by atoms with van der Waals surface area (Å²) >= 11 is 7.32. The van der Waals surface area contributed by atoms with E-state index in [0.29, 0.717) is 21.8 Å². The Labute approximate surface area is 150 Å². The molecule has 1 aromatic carbocycles. The lowest BCUT2D eigenvalue weighted by Gasteiger charge is -2.20. The standard InChI is InChI=1S/C18H21ClN2O2S/c19-14-7-5-13(6-8-14)16(9-12-3-1-2-4-12)17(23)21-18-20-15(10-22)11-24-18/h5-8,11-12,16,22H,1-4,9-10H2,(H,20,21,23). The molecule has 2 N–H and O–H groups in total. The first kappa shape index (κ1) is 17.4. The molecule has 1 aromatic heterocycles. The number of carbonyl (C=O) groups excluding carboxylic acids is 1. The molecule has 1 aliphatic rings. The summed E-state index contributed by atoms with van der Waals surface area (Å²) in [6, 6.07) is 7.53. The number of aliphatic hydroxyl groups is 1. The van der Waals surface area contributed by atoms with Crippen molar-refractivity contribution >= 4 is 34.0 Å². The Morgan fingerprint density at radius 2 is 2.04 bits per heavy atom. The number of benzene rings is 1. The second kappa shape index (κ2) is 8.10. The average Bonchev–Trinajstić information content (AvgIpc) is 3.25. The third kappa shape index (κ3) is 4.35. The maximum Gasteiger partial charge on any atom is 0.233 e. The fourth-order valence-electron chi connectivity index (χ4n) is 3.30. The first-order valence-electron chi connectivity index (χ1n) is 8.27. The Balaban J connectivity index is 1.76. The van der Waals surface area contributed by atoms with Gasteiger partial charge in [-0.05, 0) is 30.0 Å². The van der Waals surface area contributed by atoms with E-state index >= 15 is 0 Å². The molecule has 24 heavy (non-hydrogen) atoms. The highest BCUT2D eigenvalue weighted by Crippen LogP contribution is 2.35. The van der Waals surface area contributed by atoms with Crippen LogP contribution in [-0.2, 0) is 11.4 Å². The highest BCUT2D eigenvalue weighted by atomic mass is 35.5. The monoisotopic (exact) mass is 364 g/mol. The second-order valence-electron chi connectivity index (χ2n) is 6.28. The Kier molecular flexibility index (Phi) is 5.87. The minimum absolute atomic E-state index is 0.0388. The Morgan fingerprint density at radius 1 is 1.33 bits per heavy atom. The molecule has 3 rings (SSSR count). The number of rotatable bonds is 6. The highest BCUT2D eigenvalue weighted by molar-refractivity contribution is 7.13. The van der Waals surface area contributed by atoms with Crippen molar-refractivity contribution < 1.29 is 9.90 Å². The van der Waals surface area contributed by atoms with E-state index in [1.807, 2.05) is 24.3 Å². The van der Waals surface area contributed by atoms with Gasteiger partial charge in [0.05, 0.1) is 18.2 Å². The molecule has 6 heteroatoms. The van der Waals surface area contributed by atoms with Gasteiger partial charge < -0.3 is 10.4 Å². The number of aromatic nitrogens is 1. The summed E-state index contributed by atoms with van der Waals surface area (Å²) < 4.78 is 0. The highest BCUT2D eigenvalue weighted by Gasteiger charge is 2.27. The van der Waals surface area contributed by atoms with E-state index in [-0.39, 0.29) is 18.4 Å². The number of aliphatic hydroxyl groups excluding tert-OH is 1. The number of carbonyl (C=O) groups is 1. The lowest BCUT2D eigenvalue weighted by Crippen LogP contribution is -2.23. The molecule has 2 aromatic rings. The van der Waals surface area contributed by atoms with Gasteiger partial charge in [-0.2, -0.15) is 0 Å². The topological polar surface area (TPSA) is 62.2 Å². The fraction of sp³-hybridized carbons (Fsp3) is 0.444. The first-order chi connectivity index (χ1) is 11.7. The molecular formula is C18H21ClN2O2S. The molecule has 4 nitrogen and oxygen atoms in total. The average molecular weight is 365 g/mol. The van der Waals surface area contributed by atoms with Crippen molar-refractivity contribution in [1.29, 1.82) is 0 Å². The van der Waals surface area contributed by atoms with Crippen molar-refractivity contribution in [2.45, 2.75) is 44.6 Å². The smallest absolute Gasteiger partial charge is 0.233 e. The summed E-state index contributed by atoms with van der Waals surface area (Å²) in [5.74, 6) is 0.357. The van der Waals surface area contributed by atoms with Gasteiger partial charge in [0.1, 0.15) is 0 Å². The lowest BCUT2D eigenvalue weighted by atomic mass is 9.87. The van der Waals surface area contributed by atoms with Crippen LogP contribution in [0.2, 0.25) is 5.02 Å². The van der Waals surface area contributed by atoms with Crippen LogP contribution >= 0.6 is 22.9 Å². The lowest BCUT2D eigenvalue weighted by molar-refractivity contribution is -0.118. The maximum absolute atomic E-state index is 12.8. The molecule has 128 valence electrons. The number of nitrogens with one attached hydrogen (secondary N) is 1. The van der Waals surface area contributed by atoms with Gasteiger partial charge >= 0.3 is 0 Å². The van der Waals surface area contributed by atoms with E-state index in [2.05, 4.69) is 10.3 Å². The number of hydrogen-bond acceptors (Lipinski definition) is 4. The van der Waals surface area contributed by atoms with Crippen molar-refractivity contribution in [3.63, 3.8) is 0 Å². The van der Waals surface area contributed by atoms with Crippen LogP contribution in [0.4, 0.5) is 5.13 Å². The predicted molar refractivity (Wildman–Crippen MR) is 97.4 cm³/mol. The van der Waals surface area contributed by atoms with Gasteiger partial charge in [-0.1, -0.05) is 49.4 Å². The number of anilines is 1. The summed E-state index contributed by atoms with van der Waals surface area (Å²) in [6.45, 7) is -0.116. The predicted octanol–water partition coefficient (Wildman–Crippen LogP) is 4.59. The van der Waals surface area contributed by atoms with Crippen LogP contribution in [0.25, 0.3) is 0 Å². The first-order valence-corrected chi connectivity index (χ1v) is 9.53. The van der Waals surface area contributed by atoms with Crippen LogP contribution in [0.3, 0.4) is 0 Å². The summed E-state index contributed by atoms with van der Waals surface area (Å²) in [5.41, 5.74) is 1.57. The Hall–Kier alpha value is -1.43. The third-order valence-electron chi connectivity index (χ3n) is 4.58. The second-order valence-corrected chi connectivity index (χ2v) is 7.58. The zero-order chi connectivity index (χ0) is 16.9. The molecule has 1 saturated carbocycles. The Morgan fingerprint density at radius 3 is 2.67 bits per heavy atom. The number of thiazole rings is 1. The molecule has 1 unspecified atom stereocenters. The number of halogens is 1. The van der Waals surface area contributed by atoms with Gasteiger partial charge in [-0.15, -0.1) is 11.3 Å². The van der Waals surface area contributed by atoms with Crippen LogP contribution in [0.15, 0.2) is 29.6 Å². The summed E-state index contributed by atoms with van der Waals surface area (Å²) in [4.78, 5) is 17.0. The quantitative estimate of drug-likeness (QED) is 0.787. The summed E-state index contributed by atoms with van der Waals surface area (Å²) in [7, 11) is 0. The molecule has 0 aliphatic heterocycles. The van der Waals surface area contributed by atoms with Gasteiger partial charge in [0.2, 0.25) is 5.91 Å². The third-order valence-corrected chi connectivity index (χ3v) is 5.64. The van der Waals surface area contributed by atoms with Gasteiger partial charge in [-0.3, -0.25) is 4.79 Å². The Bertz CT molecular complexity index is 681.